The molecule has 0 aromatic rings. The van der Waals surface area contributed by atoms with Crippen molar-refractivity contribution in [1.82, 2.24) is 4.90 Å². The number of carbonyl (C=O) groups excluding carboxylic acids is 1. The number of alkyl halides is 1. The molecule has 1 aliphatic rings. The van der Waals surface area contributed by atoms with Gasteiger partial charge in [-0.2, -0.15) is 0 Å². The Bertz CT molecular complexity index is 191. The zero-order valence-electron chi connectivity index (χ0n) is 7.84. The van der Waals surface area contributed by atoms with Gasteiger partial charge in [0.1, 0.15) is 0 Å². The molecule has 0 unspecified atom stereocenters. The van der Waals surface area contributed by atoms with E-state index in [-0.39, 0.29) is 5.91 Å². The van der Waals surface area contributed by atoms with Crippen molar-refractivity contribution in [2.75, 3.05) is 19.0 Å². The zero-order valence-corrected chi connectivity index (χ0v) is 8.59. The molecule has 1 saturated heterocycles. The van der Waals surface area contributed by atoms with Crippen LogP contribution in [0.1, 0.15) is 25.7 Å². The van der Waals surface area contributed by atoms with Crippen LogP contribution in [0.5, 0.6) is 0 Å². The van der Waals surface area contributed by atoms with Gasteiger partial charge in [-0.3, -0.25) is 4.79 Å². The van der Waals surface area contributed by atoms with E-state index in [9.17, 15) is 4.79 Å². The molecule has 1 aliphatic heterocycles. The minimum Gasteiger partial charge on any atom is -0.339 e. The van der Waals surface area contributed by atoms with E-state index in [0.717, 1.165) is 25.9 Å². The van der Waals surface area contributed by atoms with Crippen LogP contribution in [0.2, 0.25) is 0 Å². The first-order valence-corrected chi connectivity index (χ1v) is 5.37. The molecule has 0 aromatic heterocycles. The van der Waals surface area contributed by atoms with Crippen molar-refractivity contribution in [2.24, 2.45) is 0 Å². The molecule has 0 N–H and O–H groups in total. The predicted octanol–water partition coefficient (Wildman–Crippen LogP) is 2.18. The van der Waals surface area contributed by atoms with E-state index in [0.29, 0.717) is 12.3 Å². The normalized spacial score (nSPS) is 19.5. The fourth-order valence-corrected chi connectivity index (χ4v) is 1.62. The SMILES string of the molecule is O=C1CCCCCN1CC=CCCl. The second-order valence-corrected chi connectivity index (χ2v) is 3.58. The minimum atomic E-state index is 0.289. The van der Waals surface area contributed by atoms with E-state index >= 15 is 0 Å². The Hall–Kier alpha value is -0.500. The second kappa shape index (κ2) is 6.03. The van der Waals surface area contributed by atoms with Gasteiger partial charge >= 0.3 is 0 Å². The first kappa shape index (κ1) is 10.6. The number of halogens is 1. The summed E-state index contributed by atoms with van der Waals surface area (Å²) < 4.78 is 0. The van der Waals surface area contributed by atoms with Crippen molar-refractivity contribution >= 4 is 17.5 Å². The van der Waals surface area contributed by atoms with Gasteiger partial charge in [-0.15, -0.1) is 11.6 Å². The van der Waals surface area contributed by atoms with Gasteiger partial charge in [-0.1, -0.05) is 18.6 Å². The summed E-state index contributed by atoms with van der Waals surface area (Å²) in [6.45, 7) is 1.64. The molecule has 2 nitrogen and oxygen atoms in total. The fourth-order valence-electron chi connectivity index (χ4n) is 1.50. The lowest BCUT2D eigenvalue weighted by molar-refractivity contribution is -0.130. The average Bonchev–Trinajstić information content (AvgIpc) is 2.32. The van der Waals surface area contributed by atoms with Crippen LogP contribution >= 0.6 is 11.6 Å². The van der Waals surface area contributed by atoms with Crippen molar-refractivity contribution in [3.63, 3.8) is 0 Å². The molecule has 1 amide bonds. The third kappa shape index (κ3) is 3.81. The van der Waals surface area contributed by atoms with Crippen LogP contribution in [0.25, 0.3) is 0 Å². The van der Waals surface area contributed by atoms with Crippen LogP contribution in [-0.4, -0.2) is 29.8 Å². The van der Waals surface area contributed by atoms with E-state index in [1.807, 2.05) is 17.1 Å². The summed E-state index contributed by atoms with van der Waals surface area (Å²) in [7, 11) is 0. The van der Waals surface area contributed by atoms with E-state index in [1.165, 1.54) is 6.42 Å². The molecule has 13 heavy (non-hydrogen) atoms. The molecular weight excluding hydrogens is 186 g/mol. The van der Waals surface area contributed by atoms with Gasteiger partial charge in [-0.25, -0.2) is 0 Å². The number of likely N-dealkylation sites (tertiary alicyclic amines) is 1. The molecule has 1 rings (SSSR count). The third-order valence-electron chi connectivity index (χ3n) is 2.25. The Morgan fingerprint density at radius 1 is 1.31 bits per heavy atom. The van der Waals surface area contributed by atoms with E-state index < -0.39 is 0 Å². The Labute approximate surface area is 84.6 Å². The largest absolute Gasteiger partial charge is 0.339 e. The number of allylic oxidation sites excluding steroid dienone is 1. The predicted molar refractivity (Wildman–Crippen MR) is 54.9 cm³/mol. The molecular formula is C10H16ClNO. The quantitative estimate of drug-likeness (QED) is 0.507. The monoisotopic (exact) mass is 201 g/mol. The summed E-state index contributed by atoms with van der Waals surface area (Å²) in [5.74, 6) is 0.818. The van der Waals surface area contributed by atoms with Gasteiger partial charge < -0.3 is 4.90 Å². The van der Waals surface area contributed by atoms with Crippen LogP contribution in [0, 0.1) is 0 Å². The maximum absolute atomic E-state index is 11.5. The molecule has 0 radical (unpaired) electrons. The van der Waals surface area contributed by atoms with Crippen molar-refractivity contribution in [3.8, 4) is 0 Å². The highest BCUT2D eigenvalue weighted by molar-refractivity contribution is 6.18. The third-order valence-corrected chi connectivity index (χ3v) is 2.43. The Kier molecular flexibility index (Phi) is 4.91. The van der Waals surface area contributed by atoms with Gasteiger partial charge in [0.25, 0.3) is 0 Å². The maximum atomic E-state index is 11.5. The highest BCUT2D eigenvalue weighted by atomic mass is 35.5. The molecule has 0 aromatic carbocycles. The van der Waals surface area contributed by atoms with Gasteiger partial charge in [0.05, 0.1) is 0 Å². The standard InChI is InChI=1S/C10H16ClNO/c11-7-3-5-9-12-8-4-1-2-6-10(12)13/h3,5H,1-2,4,6-9H2. The van der Waals surface area contributed by atoms with E-state index in [4.69, 9.17) is 11.6 Å². The highest BCUT2D eigenvalue weighted by Crippen LogP contribution is 2.10. The summed E-state index contributed by atoms with van der Waals surface area (Å²) in [5, 5.41) is 0. The summed E-state index contributed by atoms with van der Waals surface area (Å²) in [6.07, 6.45) is 7.95. The van der Waals surface area contributed by atoms with Gasteiger partial charge in [0, 0.05) is 25.4 Å². The van der Waals surface area contributed by atoms with Gasteiger partial charge in [0.15, 0.2) is 0 Å². The molecule has 3 heteroatoms. The Morgan fingerprint density at radius 2 is 2.15 bits per heavy atom. The number of rotatable bonds is 3. The molecule has 0 aliphatic carbocycles. The lowest BCUT2D eigenvalue weighted by Crippen LogP contribution is -2.30. The van der Waals surface area contributed by atoms with Crippen molar-refractivity contribution in [2.45, 2.75) is 25.7 Å². The summed E-state index contributed by atoms with van der Waals surface area (Å²) in [6, 6.07) is 0. The van der Waals surface area contributed by atoms with Gasteiger partial charge in [0.2, 0.25) is 5.91 Å². The second-order valence-electron chi connectivity index (χ2n) is 3.28. The lowest BCUT2D eigenvalue weighted by Gasteiger charge is -2.17. The van der Waals surface area contributed by atoms with Crippen molar-refractivity contribution < 1.29 is 4.79 Å². The molecule has 0 bridgehead atoms. The van der Waals surface area contributed by atoms with Crippen LogP contribution in [0.15, 0.2) is 12.2 Å². The summed E-state index contributed by atoms with van der Waals surface area (Å²) in [5.41, 5.74) is 0. The Balaban J connectivity index is 2.36. The summed E-state index contributed by atoms with van der Waals surface area (Å²) >= 11 is 5.50. The molecule has 0 saturated carbocycles. The highest BCUT2D eigenvalue weighted by Gasteiger charge is 2.14. The zero-order chi connectivity index (χ0) is 9.52. The Morgan fingerprint density at radius 3 is 2.92 bits per heavy atom. The number of carbonyl (C=O) groups is 1. The molecule has 0 spiro atoms. The molecule has 1 fully saturated rings. The molecule has 74 valence electrons. The number of amides is 1. The van der Waals surface area contributed by atoms with E-state index in [2.05, 4.69) is 0 Å². The number of hydrogen-bond donors (Lipinski definition) is 0. The van der Waals surface area contributed by atoms with Crippen LogP contribution < -0.4 is 0 Å². The number of hydrogen-bond acceptors (Lipinski definition) is 1. The van der Waals surface area contributed by atoms with Crippen LogP contribution in [0.3, 0.4) is 0 Å². The van der Waals surface area contributed by atoms with E-state index in [1.54, 1.807) is 0 Å². The average molecular weight is 202 g/mol. The maximum Gasteiger partial charge on any atom is 0.222 e. The lowest BCUT2D eigenvalue weighted by atomic mass is 10.2. The smallest absolute Gasteiger partial charge is 0.222 e. The summed E-state index contributed by atoms with van der Waals surface area (Å²) in [4.78, 5) is 13.4. The van der Waals surface area contributed by atoms with Crippen molar-refractivity contribution in [3.05, 3.63) is 12.2 Å². The van der Waals surface area contributed by atoms with Crippen LogP contribution in [0.4, 0.5) is 0 Å². The van der Waals surface area contributed by atoms with Gasteiger partial charge in [-0.05, 0) is 12.8 Å². The van der Waals surface area contributed by atoms with Crippen molar-refractivity contribution in [1.29, 1.82) is 0 Å². The number of nitrogens with zero attached hydrogens (tertiary/aromatic N) is 1. The topological polar surface area (TPSA) is 20.3 Å². The molecule has 1 heterocycles. The first-order valence-electron chi connectivity index (χ1n) is 4.83. The minimum absolute atomic E-state index is 0.289. The first-order chi connectivity index (χ1) is 6.34. The molecule has 0 atom stereocenters. The van der Waals surface area contributed by atoms with Crippen LogP contribution in [-0.2, 0) is 4.79 Å². The fraction of sp³-hybridized carbons (Fsp3) is 0.700.